The maximum Gasteiger partial charge on any atom is 1.00 e. The first kappa shape index (κ1) is 57.1. The molecule has 0 atom stereocenters. The van der Waals surface area contributed by atoms with Crippen molar-refractivity contribution >= 4 is 73.7 Å². The molecule has 2 heterocycles. The van der Waals surface area contributed by atoms with Crippen LogP contribution >= 0.6 is 24.1 Å². The van der Waals surface area contributed by atoms with E-state index < -0.39 is 64.9 Å². The van der Waals surface area contributed by atoms with E-state index in [1.54, 1.807) is 0 Å². The summed E-state index contributed by atoms with van der Waals surface area (Å²) in [7, 11) is -10.3. The number of esters is 1. The smallest absolute Gasteiger partial charge is 0.744 e. The third-order valence-corrected chi connectivity index (χ3v) is 9.26. The van der Waals surface area contributed by atoms with E-state index in [1.165, 1.54) is 44.2 Å². The van der Waals surface area contributed by atoms with Crippen LogP contribution < -0.4 is 221 Å². The van der Waals surface area contributed by atoms with E-state index in [2.05, 4.69) is 28.9 Å². The molecule has 1 aliphatic rings. The van der Waals surface area contributed by atoms with Gasteiger partial charge in [0.15, 0.2) is 5.69 Å². The van der Waals surface area contributed by atoms with Crippen molar-refractivity contribution in [1.29, 1.82) is 0 Å². The zero-order chi connectivity index (χ0) is 37.5. The predicted octanol–water partition coefficient (Wildman–Crippen LogP) is -11.0. The van der Waals surface area contributed by atoms with Crippen molar-refractivity contribution in [2.24, 2.45) is 5.10 Å². The SMILES string of the molecule is CCOC(=O)c1nn(-c2cc(SOO[O-])ccc2S(=O)(=O)[O-])c(O)c1/C=C/C=C/C=C1/C(=O)N(c2cc(SOO[O-])ccc2S(=O)(=O)[O-])N=C1C.[K+].[K+].[K+].[K+]. The molecule has 3 aromatic rings. The summed E-state index contributed by atoms with van der Waals surface area (Å²) in [6, 6.07) is 6.08. The first-order valence-electron chi connectivity index (χ1n) is 13.5. The van der Waals surface area contributed by atoms with Gasteiger partial charge >= 0.3 is 212 Å². The number of ether oxygens (including phenoxy) is 1. The number of carbonyl (C=O) groups excluding carboxylic acids is 2. The molecule has 0 radical (unpaired) electrons. The predicted molar refractivity (Wildman–Crippen MR) is 166 cm³/mol. The number of aromatic hydroxyl groups is 1. The molecule has 1 N–H and O–H groups in total. The van der Waals surface area contributed by atoms with Crippen molar-refractivity contribution in [2.45, 2.75) is 33.4 Å². The maximum absolute atomic E-state index is 13.2. The third-order valence-electron chi connectivity index (χ3n) is 6.35. The Bertz CT molecular complexity index is 2200. The van der Waals surface area contributed by atoms with Crippen LogP contribution in [0.3, 0.4) is 0 Å². The molecule has 272 valence electrons. The fourth-order valence-electron chi connectivity index (χ4n) is 4.29. The Morgan fingerprint density at radius 1 is 0.873 bits per heavy atom. The molecule has 0 bridgehead atoms. The minimum atomic E-state index is -5.17. The van der Waals surface area contributed by atoms with Gasteiger partial charge in [0.1, 0.15) is 20.2 Å². The van der Waals surface area contributed by atoms with Gasteiger partial charge in [0, 0.05) is 9.79 Å². The number of nitrogens with zero attached hydrogens (tertiary/aromatic N) is 4. The molecule has 1 aliphatic heterocycles. The zero-order valence-corrected chi connectivity index (χ0v) is 45.3. The van der Waals surface area contributed by atoms with E-state index in [-0.39, 0.29) is 239 Å². The molecular formula is C27H20K4N4O16S4. The van der Waals surface area contributed by atoms with Crippen LogP contribution in [0.25, 0.3) is 11.8 Å². The number of carbonyl (C=O) groups is 2. The number of hydrazone groups is 1. The molecule has 2 aromatic carbocycles. The van der Waals surface area contributed by atoms with Crippen molar-refractivity contribution in [2.75, 3.05) is 11.6 Å². The molecule has 20 nitrogen and oxygen atoms in total. The summed E-state index contributed by atoms with van der Waals surface area (Å²) in [5.74, 6) is -2.68. The summed E-state index contributed by atoms with van der Waals surface area (Å²) >= 11 is 0.721. The summed E-state index contributed by atoms with van der Waals surface area (Å²) in [6.07, 6.45) is 6.39. The van der Waals surface area contributed by atoms with Crippen LogP contribution in [-0.2, 0) is 48.5 Å². The van der Waals surface area contributed by atoms with E-state index in [9.17, 15) is 51.2 Å². The van der Waals surface area contributed by atoms with Gasteiger partial charge in [-0.1, -0.05) is 18.2 Å². The van der Waals surface area contributed by atoms with Gasteiger partial charge in [-0.3, -0.25) is 14.9 Å². The molecule has 0 spiro atoms. The van der Waals surface area contributed by atoms with Gasteiger partial charge in [0.05, 0.1) is 68.7 Å². The molecular weight excluding hydrogens is 921 g/mol. The molecule has 0 saturated carbocycles. The second kappa shape index (κ2) is 26.6. The minimum absolute atomic E-state index is 0. The Balaban J connectivity index is 0.00000729. The summed E-state index contributed by atoms with van der Waals surface area (Å²) in [5.41, 5.74) is -1.65. The van der Waals surface area contributed by atoms with Crippen molar-refractivity contribution in [3.8, 4) is 11.6 Å². The molecule has 4 rings (SSSR count). The number of rotatable bonds is 15. The topological polar surface area (TPSA) is 294 Å². The van der Waals surface area contributed by atoms with Crippen LogP contribution in [0.4, 0.5) is 5.69 Å². The summed E-state index contributed by atoms with van der Waals surface area (Å²) in [6.45, 7) is 2.81. The molecule has 55 heavy (non-hydrogen) atoms. The minimum Gasteiger partial charge on any atom is -0.744 e. The van der Waals surface area contributed by atoms with Crippen molar-refractivity contribution in [3.63, 3.8) is 0 Å². The van der Waals surface area contributed by atoms with E-state index in [0.29, 0.717) is 33.8 Å². The molecule has 1 aromatic heterocycles. The van der Waals surface area contributed by atoms with Gasteiger partial charge in [-0.15, -0.1) is 0 Å². The van der Waals surface area contributed by atoms with Gasteiger partial charge < -0.3 is 29.5 Å². The Labute approximate surface area is 492 Å². The van der Waals surface area contributed by atoms with Gasteiger partial charge in [-0.25, -0.2) is 21.6 Å². The van der Waals surface area contributed by atoms with E-state index in [0.717, 1.165) is 36.4 Å². The first-order chi connectivity index (χ1) is 24.1. The van der Waals surface area contributed by atoms with Crippen LogP contribution in [0.2, 0.25) is 0 Å². The van der Waals surface area contributed by atoms with E-state index in [4.69, 9.17) is 4.74 Å². The monoisotopic (exact) mass is 940 g/mol. The van der Waals surface area contributed by atoms with Gasteiger partial charge in [-0.2, -0.15) is 28.6 Å². The Kier molecular flexibility index (Phi) is 27.6. The number of aromatic nitrogens is 2. The van der Waals surface area contributed by atoms with Crippen LogP contribution in [0.5, 0.6) is 5.88 Å². The maximum atomic E-state index is 13.2. The fraction of sp³-hybridized carbons (Fsp3) is 0.111. The Morgan fingerprint density at radius 2 is 1.40 bits per heavy atom. The number of anilines is 1. The standard InChI is InChI=1S/C27H24N4O16S4.4K/c1-3-43-27(34)24-19(26(33)31(29-24)21-14-17(49-47-45-36)10-12-23(21)51(40,41)42)8-6-4-5-7-18-15(2)28-30(25(18)32)20-13-16(48-46-44-35)9-11-22(20)50(37,38)39;;;;/h4-14,33,35-36H,3H2,1-2H3,(H,37,38,39)(H,40,41,42);;;;/q;4*+1/p-4/b5-4+,8-6+,18-7+;;;;. The van der Waals surface area contributed by atoms with E-state index in [1.807, 2.05) is 0 Å². The Hall–Kier alpha value is 2.11. The average molecular weight is 941 g/mol. The average Bonchev–Trinajstić information content (AvgIpc) is 3.55. The molecule has 0 aliphatic carbocycles. The van der Waals surface area contributed by atoms with Crippen LogP contribution in [0, 0.1) is 0 Å². The van der Waals surface area contributed by atoms with Crippen LogP contribution in [0.15, 0.2) is 91.0 Å². The number of hydrogen-bond donors (Lipinski definition) is 1. The number of allylic oxidation sites excluding steroid dienone is 4. The molecule has 1 amide bonds. The number of hydrogen-bond acceptors (Lipinski definition) is 20. The second-order valence-electron chi connectivity index (χ2n) is 9.45. The summed E-state index contributed by atoms with van der Waals surface area (Å²) < 4.78 is 85.6. The number of amides is 1. The van der Waals surface area contributed by atoms with Crippen LogP contribution in [0.1, 0.15) is 29.9 Å². The largest absolute Gasteiger partial charge is 1.00 e. The van der Waals surface area contributed by atoms with Crippen molar-refractivity contribution in [3.05, 3.63) is 77.5 Å². The molecule has 0 unspecified atom stereocenters. The number of benzene rings is 2. The normalized spacial score (nSPS) is 13.6. The first-order valence-corrected chi connectivity index (χ1v) is 17.8. The molecule has 0 saturated heterocycles. The second-order valence-corrected chi connectivity index (χ2v) is 13.7. The van der Waals surface area contributed by atoms with Crippen molar-refractivity contribution < 1.29 is 280 Å². The van der Waals surface area contributed by atoms with E-state index >= 15 is 0 Å². The molecule has 28 heteroatoms. The summed E-state index contributed by atoms with van der Waals surface area (Å²) in [5, 5.41) is 46.7. The van der Waals surface area contributed by atoms with Crippen LogP contribution in [-0.4, -0.2) is 65.0 Å². The zero-order valence-electron chi connectivity index (χ0n) is 29.6. The quantitative estimate of drug-likeness (QED) is 0.0216. The fourth-order valence-corrected chi connectivity index (χ4v) is 6.34. The Morgan fingerprint density at radius 3 is 1.91 bits per heavy atom. The van der Waals surface area contributed by atoms with Gasteiger partial charge in [0.2, 0.25) is 5.88 Å². The molecule has 0 fully saturated rings. The summed E-state index contributed by atoms with van der Waals surface area (Å²) in [4.78, 5) is 24.5. The van der Waals surface area contributed by atoms with Gasteiger partial charge in [-0.05, 0) is 62.4 Å². The van der Waals surface area contributed by atoms with Crippen molar-refractivity contribution in [1.82, 2.24) is 9.78 Å². The van der Waals surface area contributed by atoms with Gasteiger partial charge in [0.25, 0.3) is 5.91 Å². The third kappa shape index (κ3) is 15.4.